The lowest BCUT2D eigenvalue weighted by atomic mass is 10.1. The van der Waals surface area contributed by atoms with Gasteiger partial charge in [0.15, 0.2) is 0 Å². The van der Waals surface area contributed by atoms with Crippen molar-refractivity contribution in [2.45, 2.75) is 26.4 Å². The van der Waals surface area contributed by atoms with Gasteiger partial charge < -0.3 is 15.2 Å². The summed E-state index contributed by atoms with van der Waals surface area (Å²) in [5.74, 6) is 0.565. The molecule has 0 bridgehead atoms. The Bertz CT molecular complexity index is 640. The van der Waals surface area contributed by atoms with E-state index in [0.29, 0.717) is 25.1 Å². The summed E-state index contributed by atoms with van der Waals surface area (Å²) in [6, 6.07) is 14.8. The van der Waals surface area contributed by atoms with Crippen LogP contribution in [0.15, 0.2) is 48.5 Å². The largest absolute Gasteiger partial charge is 0.494 e. The molecule has 2 rings (SSSR count). The van der Waals surface area contributed by atoms with Gasteiger partial charge in [0.1, 0.15) is 5.75 Å². The fraction of sp³-hybridized carbons (Fsp3) is 0.316. The Morgan fingerprint density at radius 2 is 1.96 bits per heavy atom. The third kappa shape index (κ3) is 4.83. The van der Waals surface area contributed by atoms with Crippen molar-refractivity contribution in [2.24, 2.45) is 0 Å². The van der Waals surface area contributed by atoms with Crippen LogP contribution in [-0.4, -0.2) is 24.2 Å². The molecule has 1 unspecified atom stereocenters. The summed E-state index contributed by atoms with van der Waals surface area (Å²) < 4.78 is 5.51. The van der Waals surface area contributed by atoms with E-state index >= 15 is 0 Å². The maximum absolute atomic E-state index is 12.2. The summed E-state index contributed by atoms with van der Waals surface area (Å²) in [6.45, 7) is 4.84. The molecule has 0 saturated heterocycles. The van der Waals surface area contributed by atoms with Crippen LogP contribution in [0.3, 0.4) is 0 Å². The standard InChI is InChI=1S/C19H23NO3/c1-3-23-18-13-16(10-9-14(18)2)19(22)20-12-11-17(21)15-7-5-4-6-8-15/h4-10,13,17,21H,3,11-12H2,1-2H3,(H,20,22). The van der Waals surface area contributed by atoms with Crippen LogP contribution >= 0.6 is 0 Å². The van der Waals surface area contributed by atoms with Crippen LogP contribution in [0.4, 0.5) is 0 Å². The van der Waals surface area contributed by atoms with Crippen LogP contribution < -0.4 is 10.1 Å². The smallest absolute Gasteiger partial charge is 0.251 e. The third-order valence-electron chi connectivity index (χ3n) is 3.64. The highest BCUT2D eigenvalue weighted by atomic mass is 16.5. The van der Waals surface area contributed by atoms with Crippen molar-refractivity contribution >= 4 is 5.91 Å². The molecule has 0 aliphatic heterocycles. The molecule has 0 aliphatic carbocycles. The summed E-state index contributed by atoms with van der Waals surface area (Å²) in [6.07, 6.45) is -0.103. The number of aliphatic hydroxyl groups is 1. The van der Waals surface area contributed by atoms with E-state index in [4.69, 9.17) is 4.74 Å². The first-order valence-corrected chi connectivity index (χ1v) is 7.86. The lowest BCUT2D eigenvalue weighted by Gasteiger charge is -2.12. The molecule has 1 atom stereocenters. The Morgan fingerprint density at radius 3 is 2.65 bits per heavy atom. The highest BCUT2D eigenvalue weighted by molar-refractivity contribution is 5.94. The monoisotopic (exact) mass is 313 g/mol. The molecule has 4 nitrogen and oxygen atoms in total. The van der Waals surface area contributed by atoms with Crippen LogP contribution in [0.25, 0.3) is 0 Å². The quantitative estimate of drug-likeness (QED) is 0.825. The minimum Gasteiger partial charge on any atom is -0.494 e. The van der Waals surface area contributed by atoms with E-state index in [1.807, 2.05) is 50.2 Å². The highest BCUT2D eigenvalue weighted by Crippen LogP contribution is 2.20. The number of nitrogens with one attached hydrogen (secondary N) is 1. The van der Waals surface area contributed by atoms with Crippen molar-refractivity contribution in [3.8, 4) is 5.75 Å². The van der Waals surface area contributed by atoms with E-state index < -0.39 is 6.10 Å². The number of hydrogen-bond acceptors (Lipinski definition) is 3. The van der Waals surface area contributed by atoms with Gasteiger partial charge in [0.2, 0.25) is 0 Å². The lowest BCUT2D eigenvalue weighted by molar-refractivity contribution is 0.0942. The van der Waals surface area contributed by atoms with Crippen LogP contribution in [0.5, 0.6) is 5.75 Å². The van der Waals surface area contributed by atoms with Gasteiger partial charge in [-0.1, -0.05) is 36.4 Å². The molecule has 4 heteroatoms. The van der Waals surface area contributed by atoms with Gasteiger partial charge in [0.05, 0.1) is 12.7 Å². The maximum Gasteiger partial charge on any atom is 0.251 e. The van der Waals surface area contributed by atoms with Crippen molar-refractivity contribution < 1.29 is 14.6 Å². The number of carbonyl (C=O) groups is 1. The van der Waals surface area contributed by atoms with Gasteiger partial charge in [0, 0.05) is 12.1 Å². The van der Waals surface area contributed by atoms with Gasteiger partial charge >= 0.3 is 0 Å². The van der Waals surface area contributed by atoms with E-state index in [0.717, 1.165) is 16.9 Å². The van der Waals surface area contributed by atoms with Gasteiger partial charge in [-0.3, -0.25) is 4.79 Å². The average Bonchev–Trinajstić information content (AvgIpc) is 2.57. The average molecular weight is 313 g/mol. The first-order chi connectivity index (χ1) is 11.1. The number of amides is 1. The summed E-state index contributed by atoms with van der Waals surface area (Å²) in [4.78, 5) is 12.2. The molecule has 1 amide bonds. The Kier molecular flexibility index (Phi) is 6.18. The second kappa shape index (κ2) is 8.34. The van der Waals surface area contributed by atoms with E-state index in [1.165, 1.54) is 0 Å². The molecule has 0 spiro atoms. The summed E-state index contributed by atoms with van der Waals surface area (Å²) in [5, 5.41) is 12.9. The Balaban J connectivity index is 1.89. The molecule has 2 N–H and O–H groups in total. The molecular weight excluding hydrogens is 290 g/mol. The molecule has 0 aromatic heterocycles. The van der Waals surface area contributed by atoms with Crippen molar-refractivity contribution in [3.05, 3.63) is 65.2 Å². The second-order valence-corrected chi connectivity index (χ2v) is 5.38. The third-order valence-corrected chi connectivity index (χ3v) is 3.64. The normalized spacial score (nSPS) is 11.8. The molecule has 0 radical (unpaired) electrons. The molecule has 122 valence electrons. The number of aliphatic hydroxyl groups excluding tert-OH is 1. The van der Waals surface area contributed by atoms with E-state index in [-0.39, 0.29) is 5.91 Å². The van der Waals surface area contributed by atoms with E-state index in [2.05, 4.69) is 5.32 Å². The Morgan fingerprint density at radius 1 is 1.22 bits per heavy atom. The summed E-state index contributed by atoms with van der Waals surface area (Å²) >= 11 is 0. The minimum atomic E-state index is -0.575. The van der Waals surface area contributed by atoms with Gasteiger partial charge in [-0.05, 0) is 43.5 Å². The Labute approximate surface area is 137 Å². The number of carbonyl (C=O) groups excluding carboxylic acids is 1. The molecular formula is C19H23NO3. The topological polar surface area (TPSA) is 58.6 Å². The molecule has 0 heterocycles. The minimum absolute atomic E-state index is 0.161. The predicted molar refractivity (Wildman–Crippen MR) is 90.7 cm³/mol. The zero-order valence-electron chi connectivity index (χ0n) is 13.6. The van der Waals surface area contributed by atoms with E-state index in [9.17, 15) is 9.90 Å². The molecule has 0 saturated carbocycles. The van der Waals surface area contributed by atoms with Gasteiger partial charge in [-0.15, -0.1) is 0 Å². The number of rotatable bonds is 7. The fourth-order valence-electron chi connectivity index (χ4n) is 2.32. The van der Waals surface area contributed by atoms with Crippen LogP contribution in [0.2, 0.25) is 0 Å². The lowest BCUT2D eigenvalue weighted by Crippen LogP contribution is -2.25. The molecule has 2 aromatic carbocycles. The fourth-order valence-corrected chi connectivity index (χ4v) is 2.32. The van der Waals surface area contributed by atoms with Gasteiger partial charge in [0.25, 0.3) is 5.91 Å². The van der Waals surface area contributed by atoms with Gasteiger partial charge in [-0.2, -0.15) is 0 Å². The molecule has 2 aromatic rings. The SMILES string of the molecule is CCOc1cc(C(=O)NCCC(O)c2ccccc2)ccc1C. The van der Waals surface area contributed by atoms with Crippen LogP contribution in [0, 0.1) is 6.92 Å². The van der Waals surface area contributed by atoms with Crippen molar-refractivity contribution in [1.29, 1.82) is 0 Å². The molecule has 23 heavy (non-hydrogen) atoms. The maximum atomic E-state index is 12.2. The second-order valence-electron chi connectivity index (χ2n) is 5.38. The first-order valence-electron chi connectivity index (χ1n) is 7.86. The van der Waals surface area contributed by atoms with E-state index in [1.54, 1.807) is 12.1 Å². The number of hydrogen-bond donors (Lipinski definition) is 2. The van der Waals surface area contributed by atoms with Gasteiger partial charge in [-0.25, -0.2) is 0 Å². The predicted octanol–water partition coefficient (Wildman–Crippen LogP) is 3.25. The Hall–Kier alpha value is -2.33. The first kappa shape index (κ1) is 17.0. The molecule has 0 aliphatic rings. The molecule has 0 fully saturated rings. The van der Waals surface area contributed by atoms with Crippen LogP contribution in [-0.2, 0) is 0 Å². The summed E-state index contributed by atoms with van der Waals surface area (Å²) in [7, 11) is 0. The highest BCUT2D eigenvalue weighted by Gasteiger charge is 2.10. The van der Waals surface area contributed by atoms with Crippen molar-refractivity contribution in [2.75, 3.05) is 13.2 Å². The zero-order valence-corrected chi connectivity index (χ0v) is 13.6. The number of ether oxygens (including phenoxy) is 1. The number of aryl methyl sites for hydroxylation is 1. The number of benzene rings is 2. The van der Waals surface area contributed by atoms with Crippen LogP contribution in [0.1, 0.15) is 40.9 Å². The zero-order chi connectivity index (χ0) is 16.7. The van der Waals surface area contributed by atoms with Crippen molar-refractivity contribution in [1.82, 2.24) is 5.32 Å². The summed E-state index contributed by atoms with van der Waals surface area (Å²) in [5.41, 5.74) is 2.42. The van der Waals surface area contributed by atoms with Crippen molar-refractivity contribution in [3.63, 3.8) is 0 Å².